The molecular formula is C14H23BrN2. The Labute approximate surface area is 114 Å². The molecule has 0 fully saturated rings. The first-order chi connectivity index (χ1) is 8.06. The predicted octanol–water partition coefficient (Wildman–Crippen LogP) is 3.12. The fourth-order valence-electron chi connectivity index (χ4n) is 2.12. The second kappa shape index (κ2) is 7.14. The van der Waals surface area contributed by atoms with Gasteiger partial charge in [-0.05, 0) is 31.6 Å². The minimum Gasteiger partial charge on any atom is -0.318 e. The molecule has 1 N–H and O–H groups in total. The third-order valence-corrected chi connectivity index (χ3v) is 3.90. The number of nitrogens with one attached hydrogen (secondary N) is 1. The Bertz CT molecular complexity index is 339. The first-order valence-corrected chi connectivity index (χ1v) is 6.93. The van der Waals surface area contributed by atoms with E-state index in [0.29, 0.717) is 12.0 Å². The minimum atomic E-state index is 0.562. The van der Waals surface area contributed by atoms with Crippen molar-refractivity contribution in [2.24, 2.45) is 5.92 Å². The fraction of sp³-hybridized carbons (Fsp3) is 0.571. The highest BCUT2D eigenvalue weighted by molar-refractivity contribution is 9.10. The summed E-state index contributed by atoms with van der Waals surface area (Å²) >= 11 is 3.61. The highest BCUT2D eigenvalue weighted by Crippen LogP contribution is 2.19. The van der Waals surface area contributed by atoms with Crippen LogP contribution in [0, 0.1) is 5.92 Å². The molecule has 0 spiro atoms. The van der Waals surface area contributed by atoms with Crippen molar-refractivity contribution in [3.8, 4) is 0 Å². The summed E-state index contributed by atoms with van der Waals surface area (Å²) in [5.41, 5.74) is 1.34. The molecule has 2 nitrogen and oxygen atoms in total. The summed E-state index contributed by atoms with van der Waals surface area (Å²) in [7, 11) is 4.21. The first kappa shape index (κ1) is 14.7. The molecule has 17 heavy (non-hydrogen) atoms. The SMILES string of the molecule is CNCC(C(C)C)N(C)Cc1ccccc1Br. The summed E-state index contributed by atoms with van der Waals surface area (Å²) < 4.78 is 1.19. The molecule has 0 radical (unpaired) electrons. The Morgan fingerprint density at radius 2 is 1.94 bits per heavy atom. The van der Waals surface area contributed by atoms with Crippen LogP contribution in [0.4, 0.5) is 0 Å². The molecule has 0 saturated carbocycles. The summed E-state index contributed by atoms with van der Waals surface area (Å²) in [4.78, 5) is 2.42. The second-order valence-corrected chi connectivity index (χ2v) is 5.73. The van der Waals surface area contributed by atoms with E-state index in [1.165, 1.54) is 10.0 Å². The van der Waals surface area contributed by atoms with Gasteiger partial charge in [-0.1, -0.05) is 48.0 Å². The Hall–Kier alpha value is -0.380. The van der Waals surface area contributed by atoms with Gasteiger partial charge in [-0.25, -0.2) is 0 Å². The van der Waals surface area contributed by atoms with Crippen LogP contribution in [0.25, 0.3) is 0 Å². The molecule has 0 heterocycles. The quantitative estimate of drug-likeness (QED) is 0.868. The van der Waals surface area contributed by atoms with Crippen LogP contribution in [-0.4, -0.2) is 31.6 Å². The van der Waals surface area contributed by atoms with Crippen LogP contribution in [0.5, 0.6) is 0 Å². The third-order valence-electron chi connectivity index (χ3n) is 3.13. The van der Waals surface area contributed by atoms with Crippen LogP contribution in [-0.2, 0) is 6.54 Å². The zero-order valence-electron chi connectivity index (χ0n) is 11.2. The van der Waals surface area contributed by atoms with E-state index in [1.54, 1.807) is 0 Å². The van der Waals surface area contributed by atoms with Gasteiger partial charge in [-0.2, -0.15) is 0 Å². The van der Waals surface area contributed by atoms with Gasteiger partial charge in [0, 0.05) is 23.6 Å². The molecule has 0 amide bonds. The molecule has 0 aliphatic carbocycles. The first-order valence-electron chi connectivity index (χ1n) is 6.14. The molecule has 1 rings (SSSR count). The van der Waals surface area contributed by atoms with Gasteiger partial charge in [0.05, 0.1) is 0 Å². The lowest BCUT2D eigenvalue weighted by molar-refractivity contribution is 0.182. The molecule has 96 valence electrons. The lowest BCUT2D eigenvalue weighted by Crippen LogP contribution is -2.42. The van der Waals surface area contributed by atoms with Crippen LogP contribution in [0.15, 0.2) is 28.7 Å². The van der Waals surface area contributed by atoms with Crippen molar-refractivity contribution in [1.29, 1.82) is 0 Å². The molecule has 0 saturated heterocycles. The molecular weight excluding hydrogens is 276 g/mol. The molecule has 1 unspecified atom stereocenters. The molecule has 0 aromatic heterocycles. The number of benzene rings is 1. The number of hydrogen-bond donors (Lipinski definition) is 1. The fourth-order valence-corrected chi connectivity index (χ4v) is 2.53. The number of likely N-dealkylation sites (N-methyl/N-ethyl adjacent to an activating group) is 2. The topological polar surface area (TPSA) is 15.3 Å². The minimum absolute atomic E-state index is 0.562. The van der Waals surface area contributed by atoms with Crippen LogP contribution >= 0.6 is 15.9 Å². The van der Waals surface area contributed by atoms with E-state index in [9.17, 15) is 0 Å². The van der Waals surface area contributed by atoms with Crippen molar-refractivity contribution in [2.75, 3.05) is 20.6 Å². The van der Waals surface area contributed by atoms with Gasteiger partial charge < -0.3 is 5.32 Å². The van der Waals surface area contributed by atoms with Gasteiger partial charge >= 0.3 is 0 Å². The van der Waals surface area contributed by atoms with Gasteiger partial charge in [-0.3, -0.25) is 4.90 Å². The lowest BCUT2D eigenvalue weighted by atomic mass is 10.0. The van der Waals surface area contributed by atoms with Crippen molar-refractivity contribution in [2.45, 2.75) is 26.4 Å². The van der Waals surface area contributed by atoms with Crippen LogP contribution in [0.3, 0.4) is 0 Å². The van der Waals surface area contributed by atoms with E-state index in [0.717, 1.165) is 13.1 Å². The molecule has 1 aromatic carbocycles. The highest BCUT2D eigenvalue weighted by Gasteiger charge is 2.18. The Morgan fingerprint density at radius 3 is 2.47 bits per heavy atom. The van der Waals surface area contributed by atoms with E-state index in [2.05, 4.69) is 71.3 Å². The third kappa shape index (κ3) is 4.41. The number of halogens is 1. The smallest absolute Gasteiger partial charge is 0.0245 e. The van der Waals surface area contributed by atoms with E-state index in [1.807, 2.05) is 7.05 Å². The monoisotopic (exact) mass is 298 g/mol. The second-order valence-electron chi connectivity index (χ2n) is 4.88. The molecule has 1 aromatic rings. The lowest BCUT2D eigenvalue weighted by Gasteiger charge is -2.31. The number of nitrogens with zero attached hydrogens (tertiary/aromatic N) is 1. The molecule has 0 aliphatic rings. The maximum Gasteiger partial charge on any atom is 0.0245 e. The Balaban J connectivity index is 2.69. The van der Waals surface area contributed by atoms with E-state index < -0.39 is 0 Å². The number of hydrogen-bond acceptors (Lipinski definition) is 2. The van der Waals surface area contributed by atoms with E-state index >= 15 is 0 Å². The largest absolute Gasteiger partial charge is 0.318 e. The molecule has 0 bridgehead atoms. The maximum absolute atomic E-state index is 3.61. The Morgan fingerprint density at radius 1 is 1.29 bits per heavy atom. The van der Waals surface area contributed by atoms with Gasteiger partial charge in [0.1, 0.15) is 0 Å². The van der Waals surface area contributed by atoms with E-state index in [4.69, 9.17) is 0 Å². The maximum atomic E-state index is 3.61. The van der Waals surface area contributed by atoms with Crippen molar-refractivity contribution >= 4 is 15.9 Å². The normalized spacial score (nSPS) is 13.4. The molecule has 1 atom stereocenters. The van der Waals surface area contributed by atoms with Crippen molar-refractivity contribution < 1.29 is 0 Å². The standard InChI is InChI=1S/C14H23BrN2/c1-11(2)14(9-16-3)17(4)10-12-7-5-6-8-13(12)15/h5-8,11,14,16H,9-10H2,1-4H3. The van der Waals surface area contributed by atoms with Crippen molar-refractivity contribution in [3.05, 3.63) is 34.3 Å². The Kier molecular flexibility index (Phi) is 6.17. The summed E-state index contributed by atoms with van der Waals surface area (Å²) in [6.45, 7) is 6.56. The average Bonchev–Trinajstić information content (AvgIpc) is 2.28. The highest BCUT2D eigenvalue weighted by atomic mass is 79.9. The predicted molar refractivity (Wildman–Crippen MR) is 78.2 cm³/mol. The van der Waals surface area contributed by atoms with E-state index in [-0.39, 0.29) is 0 Å². The van der Waals surface area contributed by atoms with Crippen LogP contribution in [0.1, 0.15) is 19.4 Å². The summed E-state index contributed by atoms with van der Waals surface area (Å²) in [5, 5.41) is 3.28. The zero-order valence-corrected chi connectivity index (χ0v) is 12.8. The summed E-state index contributed by atoms with van der Waals surface area (Å²) in [6, 6.07) is 8.99. The summed E-state index contributed by atoms with van der Waals surface area (Å²) in [5.74, 6) is 0.648. The summed E-state index contributed by atoms with van der Waals surface area (Å²) in [6.07, 6.45) is 0. The van der Waals surface area contributed by atoms with Gasteiger partial charge in [-0.15, -0.1) is 0 Å². The molecule has 0 aliphatic heterocycles. The van der Waals surface area contributed by atoms with Crippen molar-refractivity contribution in [1.82, 2.24) is 10.2 Å². The van der Waals surface area contributed by atoms with Crippen molar-refractivity contribution in [3.63, 3.8) is 0 Å². The van der Waals surface area contributed by atoms with Crippen LogP contribution < -0.4 is 5.32 Å². The van der Waals surface area contributed by atoms with Crippen LogP contribution in [0.2, 0.25) is 0 Å². The van der Waals surface area contributed by atoms with Gasteiger partial charge in [0.2, 0.25) is 0 Å². The van der Waals surface area contributed by atoms with Gasteiger partial charge in [0.15, 0.2) is 0 Å². The van der Waals surface area contributed by atoms with Gasteiger partial charge in [0.25, 0.3) is 0 Å². The average molecular weight is 299 g/mol. The zero-order chi connectivity index (χ0) is 12.8. The number of rotatable bonds is 6. The molecule has 3 heteroatoms.